The van der Waals surface area contributed by atoms with Crippen molar-refractivity contribution in [3.8, 4) is 11.8 Å². The van der Waals surface area contributed by atoms with E-state index in [1.165, 1.54) is 0 Å². The molecule has 0 fully saturated rings. The molecule has 14 heavy (non-hydrogen) atoms. The monoisotopic (exact) mass is 196 g/mol. The first-order valence-electron chi connectivity index (χ1n) is 4.29. The minimum atomic E-state index is -0.525. The fraction of sp³-hybridized carbons (Fsp3) is 0.273. The van der Waals surface area contributed by atoms with Gasteiger partial charge in [-0.3, -0.25) is 0 Å². The molecule has 0 aromatic heterocycles. The number of hydrogen-bond donors (Lipinski definition) is 1. The van der Waals surface area contributed by atoms with Crippen molar-refractivity contribution in [2.75, 3.05) is 6.61 Å². The summed E-state index contributed by atoms with van der Waals surface area (Å²) in [5, 5.41) is 8.46. The van der Waals surface area contributed by atoms with Gasteiger partial charge in [-0.1, -0.05) is 11.8 Å². The van der Waals surface area contributed by atoms with Crippen LogP contribution in [0.1, 0.15) is 18.4 Å². The normalized spacial score (nSPS) is 9.36. The van der Waals surface area contributed by atoms with Crippen LogP contribution in [0.15, 0.2) is 18.2 Å². The van der Waals surface area contributed by atoms with Gasteiger partial charge in [-0.05, 0) is 24.6 Å². The van der Waals surface area contributed by atoms with Crippen LogP contribution in [0.5, 0.6) is 0 Å². The minimum Gasteiger partial charge on any atom is -0.396 e. The number of benzene rings is 1. The molecule has 0 amide bonds. The molecule has 1 rings (SSSR count). The van der Waals surface area contributed by atoms with Crippen molar-refractivity contribution < 1.29 is 13.9 Å². The molecule has 74 valence electrons. The van der Waals surface area contributed by atoms with Gasteiger partial charge in [0.1, 0.15) is 11.6 Å². The maximum absolute atomic E-state index is 13.0. The molecule has 0 unspecified atom stereocenters. The number of rotatable bonds is 2. The Morgan fingerprint density at radius 3 is 2.79 bits per heavy atom. The van der Waals surface area contributed by atoms with Crippen LogP contribution in [-0.4, -0.2) is 11.7 Å². The predicted octanol–water partition coefficient (Wildman–Crippen LogP) is 2.09. The molecule has 0 bridgehead atoms. The van der Waals surface area contributed by atoms with E-state index < -0.39 is 11.6 Å². The quantitative estimate of drug-likeness (QED) is 0.567. The second-order valence-corrected chi connectivity index (χ2v) is 2.75. The average Bonchev–Trinajstić information content (AvgIpc) is 2.18. The lowest BCUT2D eigenvalue weighted by Gasteiger charge is -1.93. The standard InChI is InChI=1S/C11H10F2O/c12-10-5-6-11(13)9(8-10)4-2-1-3-7-14/h5-6,8,14H,1,3,7H2. The van der Waals surface area contributed by atoms with E-state index in [1.54, 1.807) is 0 Å². The Bertz CT molecular complexity index is 363. The molecule has 3 heteroatoms. The van der Waals surface area contributed by atoms with Crippen LogP contribution in [0.4, 0.5) is 8.78 Å². The summed E-state index contributed by atoms with van der Waals surface area (Å²) in [6, 6.07) is 3.15. The zero-order valence-corrected chi connectivity index (χ0v) is 7.56. The van der Waals surface area contributed by atoms with Crippen molar-refractivity contribution in [1.29, 1.82) is 0 Å². The van der Waals surface area contributed by atoms with Crippen LogP contribution >= 0.6 is 0 Å². The largest absolute Gasteiger partial charge is 0.396 e. The van der Waals surface area contributed by atoms with Crippen molar-refractivity contribution in [3.63, 3.8) is 0 Å². The molecule has 1 N–H and O–H groups in total. The van der Waals surface area contributed by atoms with E-state index in [2.05, 4.69) is 11.8 Å². The van der Waals surface area contributed by atoms with E-state index in [0.717, 1.165) is 18.2 Å². The number of aliphatic hydroxyl groups excluding tert-OH is 1. The zero-order valence-electron chi connectivity index (χ0n) is 7.56. The SMILES string of the molecule is OCCCC#Cc1cc(F)ccc1F. The van der Waals surface area contributed by atoms with Gasteiger partial charge >= 0.3 is 0 Å². The van der Waals surface area contributed by atoms with E-state index in [9.17, 15) is 8.78 Å². The number of unbranched alkanes of at least 4 members (excludes halogenated alkanes) is 1. The fourth-order valence-corrected chi connectivity index (χ4v) is 0.918. The molecule has 0 aliphatic rings. The van der Waals surface area contributed by atoms with Crippen LogP contribution in [0.2, 0.25) is 0 Å². The Kier molecular flexibility index (Phi) is 4.09. The Labute approximate surface area is 81.4 Å². The third kappa shape index (κ3) is 3.15. The topological polar surface area (TPSA) is 20.2 Å². The highest BCUT2D eigenvalue weighted by Crippen LogP contribution is 2.07. The Morgan fingerprint density at radius 2 is 2.07 bits per heavy atom. The first-order chi connectivity index (χ1) is 6.74. The van der Waals surface area contributed by atoms with Crippen molar-refractivity contribution >= 4 is 0 Å². The van der Waals surface area contributed by atoms with Gasteiger partial charge in [0, 0.05) is 13.0 Å². The first kappa shape index (κ1) is 10.7. The van der Waals surface area contributed by atoms with E-state index >= 15 is 0 Å². The molecular formula is C11H10F2O. The number of aliphatic hydroxyl groups is 1. The molecule has 1 aromatic rings. The molecule has 0 heterocycles. The molecule has 0 spiro atoms. The molecule has 0 aliphatic heterocycles. The zero-order chi connectivity index (χ0) is 10.4. The molecule has 0 radical (unpaired) electrons. The lowest BCUT2D eigenvalue weighted by molar-refractivity contribution is 0.290. The summed E-state index contributed by atoms with van der Waals surface area (Å²) >= 11 is 0. The van der Waals surface area contributed by atoms with E-state index in [4.69, 9.17) is 5.11 Å². The summed E-state index contributed by atoms with van der Waals surface area (Å²) in [6.07, 6.45) is 1.02. The lowest BCUT2D eigenvalue weighted by Crippen LogP contribution is -1.85. The van der Waals surface area contributed by atoms with Crippen LogP contribution in [0, 0.1) is 23.5 Å². The van der Waals surface area contributed by atoms with Gasteiger partial charge in [-0.15, -0.1) is 0 Å². The van der Waals surface area contributed by atoms with Crippen LogP contribution in [0.3, 0.4) is 0 Å². The Morgan fingerprint density at radius 1 is 1.29 bits per heavy atom. The third-order valence-electron chi connectivity index (χ3n) is 1.61. The smallest absolute Gasteiger partial charge is 0.139 e. The summed E-state index contributed by atoms with van der Waals surface area (Å²) < 4.78 is 25.6. The lowest BCUT2D eigenvalue weighted by atomic mass is 10.2. The average molecular weight is 196 g/mol. The first-order valence-corrected chi connectivity index (χ1v) is 4.29. The molecule has 1 nitrogen and oxygen atoms in total. The maximum atomic E-state index is 13.0. The van der Waals surface area contributed by atoms with Crippen molar-refractivity contribution in [2.45, 2.75) is 12.8 Å². The Hall–Kier alpha value is -1.40. The number of hydrogen-bond acceptors (Lipinski definition) is 1. The summed E-state index contributed by atoms with van der Waals surface area (Å²) in [5.41, 5.74) is 0.0583. The molecule has 1 aromatic carbocycles. The van der Waals surface area contributed by atoms with Gasteiger partial charge in [0.2, 0.25) is 0 Å². The highest BCUT2D eigenvalue weighted by molar-refractivity contribution is 5.35. The highest BCUT2D eigenvalue weighted by atomic mass is 19.1. The van der Waals surface area contributed by atoms with Crippen molar-refractivity contribution in [2.24, 2.45) is 0 Å². The molecule has 0 saturated heterocycles. The van der Waals surface area contributed by atoms with Gasteiger partial charge in [-0.2, -0.15) is 0 Å². The van der Waals surface area contributed by atoms with Gasteiger partial charge in [-0.25, -0.2) is 8.78 Å². The predicted molar refractivity (Wildman–Crippen MR) is 49.6 cm³/mol. The minimum absolute atomic E-state index is 0.0559. The second kappa shape index (κ2) is 5.36. The van der Waals surface area contributed by atoms with Crippen LogP contribution in [0.25, 0.3) is 0 Å². The van der Waals surface area contributed by atoms with Gasteiger partial charge in [0.15, 0.2) is 0 Å². The van der Waals surface area contributed by atoms with Crippen LogP contribution in [-0.2, 0) is 0 Å². The molecule has 0 saturated carbocycles. The summed E-state index contributed by atoms with van der Waals surface area (Å²) in [4.78, 5) is 0. The Balaban J connectivity index is 2.73. The van der Waals surface area contributed by atoms with Crippen molar-refractivity contribution in [1.82, 2.24) is 0 Å². The van der Waals surface area contributed by atoms with Crippen LogP contribution < -0.4 is 0 Å². The van der Waals surface area contributed by atoms with Gasteiger partial charge < -0.3 is 5.11 Å². The van der Waals surface area contributed by atoms with E-state index in [0.29, 0.717) is 12.8 Å². The summed E-state index contributed by atoms with van der Waals surface area (Å²) in [5.74, 6) is 4.14. The fourth-order valence-electron chi connectivity index (χ4n) is 0.918. The number of halogens is 2. The van der Waals surface area contributed by atoms with E-state index in [-0.39, 0.29) is 12.2 Å². The van der Waals surface area contributed by atoms with Gasteiger partial charge in [0.05, 0.1) is 5.56 Å². The second-order valence-electron chi connectivity index (χ2n) is 2.75. The maximum Gasteiger partial charge on any atom is 0.139 e. The molecule has 0 aliphatic carbocycles. The summed E-state index contributed by atoms with van der Waals surface area (Å²) in [6.45, 7) is 0.0559. The van der Waals surface area contributed by atoms with Gasteiger partial charge in [0.25, 0.3) is 0 Å². The van der Waals surface area contributed by atoms with E-state index in [1.807, 2.05) is 0 Å². The molecular weight excluding hydrogens is 186 g/mol. The van der Waals surface area contributed by atoms with Crippen molar-refractivity contribution in [3.05, 3.63) is 35.4 Å². The summed E-state index contributed by atoms with van der Waals surface area (Å²) in [7, 11) is 0. The molecule has 0 atom stereocenters. The third-order valence-corrected chi connectivity index (χ3v) is 1.61. The highest BCUT2D eigenvalue weighted by Gasteiger charge is 1.99.